The zero-order valence-electron chi connectivity index (χ0n) is 12.6. The van der Waals surface area contributed by atoms with Crippen LogP contribution in [0.1, 0.15) is 23.1 Å². The molecule has 0 unspecified atom stereocenters. The molecule has 0 radical (unpaired) electrons. The normalized spacial score (nSPS) is 11.4. The quantitative estimate of drug-likeness (QED) is 0.637. The maximum absolute atomic E-state index is 4.60. The number of pyridine rings is 1. The Morgan fingerprint density at radius 3 is 2.90 bits per heavy atom. The van der Waals surface area contributed by atoms with E-state index in [-0.39, 0.29) is 0 Å². The third-order valence-corrected chi connectivity index (χ3v) is 4.03. The van der Waals surface area contributed by atoms with Gasteiger partial charge < -0.3 is 10.6 Å². The molecule has 112 valence electrons. The van der Waals surface area contributed by atoms with Gasteiger partial charge in [-0.3, -0.25) is 4.98 Å². The van der Waals surface area contributed by atoms with Gasteiger partial charge in [-0.05, 0) is 43.3 Å². The molecule has 2 aromatic heterocycles. The second-order valence-electron chi connectivity index (χ2n) is 4.72. The van der Waals surface area contributed by atoms with Gasteiger partial charge in [0.2, 0.25) is 0 Å². The second kappa shape index (κ2) is 8.42. The first-order valence-electron chi connectivity index (χ1n) is 7.24. The van der Waals surface area contributed by atoms with Crippen LogP contribution < -0.4 is 10.6 Å². The molecule has 0 amide bonds. The molecule has 0 aliphatic heterocycles. The summed E-state index contributed by atoms with van der Waals surface area (Å²) in [6.07, 6.45) is 2.83. The van der Waals surface area contributed by atoms with Gasteiger partial charge in [-0.15, -0.1) is 11.3 Å². The SMILES string of the molecule is CCNC(=NCc1ncccc1C)NCCc1cccs1. The topological polar surface area (TPSA) is 49.3 Å². The largest absolute Gasteiger partial charge is 0.357 e. The van der Waals surface area contributed by atoms with E-state index in [4.69, 9.17) is 0 Å². The number of nitrogens with zero attached hydrogens (tertiary/aromatic N) is 2. The van der Waals surface area contributed by atoms with Crippen molar-refractivity contribution >= 4 is 17.3 Å². The van der Waals surface area contributed by atoms with E-state index in [1.54, 1.807) is 11.3 Å². The minimum atomic E-state index is 0.598. The van der Waals surface area contributed by atoms with Gasteiger partial charge in [0.1, 0.15) is 0 Å². The molecule has 21 heavy (non-hydrogen) atoms. The molecule has 2 heterocycles. The van der Waals surface area contributed by atoms with Gasteiger partial charge in [0.15, 0.2) is 5.96 Å². The summed E-state index contributed by atoms with van der Waals surface area (Å²) in [6, 6.07) is 8.26. The number of hydrogen-bond acceptors (Lipinski definition) is 3. The number of rotatable bonds is 6. The summed E-state index contributed by atoms with van der Waals surface area (Å²) < 4.78 is 0. The Morgan fingerprint density at radius 1 is 1.29 bits per heavy atom. The molecule has 0 aliphatic rings. The van der Waals surface area contributed by atoms with Gasteiger partial charge in [-0.25, -0.2) is 4.99 Å². The zero-order valence-corrected chi connectivity index (χ0v) is 13.4. The van der Waals surface area contributed by atoms with Gasteiger partial charge in [-0.2, -0.15) is 0 Å². The highest BCUT2D eigenvalue weighted by Crippen LogP contribution is 2.08. The monoisotopic (exact) mass is 302 g/mol. The van der Waals surface area contributed by atoms with Crippen LogP contribution in [0.4, 0.5) is 0 Å². The van der Waals surface area contributed by atoms with Crippen molar-refractivity contribution in [2.45, 2.75) is 26.8 Å². The van der Waals surface area contributed by atoms with Crippen molar-refractivity contribution in [2.24, 2.45) is 4.99 Å². The standard InChI is InChI=1S/C16H22N4S/c1-3-17-16(19-10-8-14-7-5-11-21-14)20-12-15-13(2)6-4-9-18-15/h4-7,9,11H,3,8,10,12H2,1-2H3,(H2,17,19,20). The van der Waals surface area contributed by atoms with Gasteiger partial charge in [0.25, 0.3) is 0 Å². The Balaban J connectivity index is 1.88. The first kappa shape index (κ1) is 15.5. The van der Waals surface area contributed by atoms with Crippen LogP contribution in [0.15, 0.2) is 40.8 Å². The third-order valence-electron chi connectivity index (χ3n) is 3.09. The molecule has 0 aromatic carbocycles. The van der Waals surface area contributed by atoms with Crippen LogP contribution >= 0.6 is 11.3 Å². The Morgan fingerprint density at radius 2 is 2.19 bits per heavy atom. The second-order valence-corrected chi connectivity index (χ2v) is 5.75. The van der Waals surface area contributed by atoms with E-state index in [2.05, 4.69) is 58.0 Å². The fourth-order valence-electron chi connectivity index (χ4n) is 1.94. The van der Waals surface area contributed by atoms with E-state index in [0.717, 1.165) is 31.2 Å². The summed E-state index contributed by atoms with van der Waals surface area (Å²) in [4.78, 5) is 10.4. The third kappa shape index (κ3) is 5.19. The van der Waals surface area contributed by atoms with E-state index in [1.807, 2.05) is 12.3 Å². The molecular weight excluding hydrogens is 280 g/mol. The van der Waals surface area contributed by atoms with Crippen molar-refractivity contribution in [1.82, 2.24) is 15.6 Å². The predicted molar refractivity (Wildman–Crippen MR) is 89.8 cm³/mol. The summed E-state index contributed by atoms with van der Waals surface area (Å²) in [5, 5.41) is 8.74. The molecular formula is C16H22N4S. The summed E-state index contributed by atoms with van der Waals surface area (Å²) in [7, 11) is 0. The minimum Gasteiger partial charge on any atom is -0.357 e. The number of aryl methyl sites for hydroxylation is 1. The van der Waals surface area contributed by atoms with Crippen molar-refractivity contribution in [3.05, 3.63) is 52.0 Å². The van der Waals surface area contributed by atoms with Crippen molar-refractivity contribution < 1.29 is 0 Å². The Hall–Kier alpha value is -1.88. The van der Waals surface area contributed by atoms with Crippen LogP contribution in [0.5, 0.6) is 0 Å². The van der Waals surface area contributed by atoms with Crippen molar-refractivity contribution in [3.63, 3.8) is 0 Å². The van der Waals surface area contributed by atoms with Crippen LogP contribution in [0.3, 0.4) is 0 Å². The molecule has 0 aliphatic carbocycles. The van der Waals surface area contributed by atoms with Crippen LogP contribution in [0.2, 0.25) is 0 Å². The van der Waals surface area contributed by atoms with Gasteiger partial charge >= 0.3 is 0 Å². The molecule has 5 heteroatoms. The molecule has 2 N–H and O–H groups in total. The average molecular weight is 302 g/mol. The fourth-order valence-corrected chi connectivity index (χ4v) is 2.65. The molecule has 2 rings (SSSR count). The van der Waals surface area contributed by atoms with Crippen molar-refractivity contribution in [1.29, 1.82) is 0 Å². The minimum absolute atomic E-state index is 0.598. The molecule has 0 spiro atoms. The number of hydrogen-bond donors (Lipinski definition) is 2. The van der Waals surface area contributed by atoms with Crippen LogP contribution in [0, 0.1) is 6.92 Å². The van der Waals surface area contributed by atoms with Crippen molar-refractivity contribution in [2.75, 3.05) is 13.1 Å². The lowest BCUT2D eigenvalue weighted by Gasteiger charge is -2.11. The molecule has 2 aromatic rings. The maximum atomic E-state index is 4.60. The van der Waals surface area contributed by atoms with Gasteiger partial charge in [-0.1, -0.05) is 12.1 Å². The van der Waals surface area contributed by atoms with E-state index >= 15 is 0 Å². The summed E-state index contributed by atoms with van der Waals surface area (Å²) in [6.45, 7) is 6.47. The lowest BCUT2D eigenvalue weighted by molar-refractivity contribution is 0.800. The smallest absolute Gasteiger partial charge is 0.191 e. The van der Waals surface area contributed by atoms with Gasteiger partial charge in [0.05, 0.1) is 12.2 Å². The molecule has 0 saturated carbocycles. The summed E-state index contributed by atoms with van der Waals surface area (Å²) in [5.41, 5.74) is 2.20. The average Bonchev–Trinajstić information content (AvgIpc) is 2.99. The lowest BCUT2D eigenvalue weighted by atomic mass is 10.2. The molecule has 0 saturated heterocycles. The highest BCUT2D eigenvalue weighted by Gasteiger charge is 2.01. The number of guanidine groups is 1. The predicted octanol–water partition coefficient (Wildman–Crippen LogP) is 2.75. The van der Waals surface area contributed by atoms with E-state index in [0.29, 0.717) is 6.54 Å². The Labute approximate surface area is 130 Å². The van der Waals surface area contributed by atoms with Crippen LogP contribution in [-0.4, -0.2) is 24.0 Å². The first-order chi connectivity index (χ1) is 10.3. The zero-order chi connectivity index (χ0) is 14.9. The molecule has 0 bridgehead atoms. The summed E-state index contributed by atoms with van der Waals surface area (Å²) in [5.74, 6) is 0.846. The Bertz CT molecular complexity index is 563. The first-order valence-corrected chi connectivity index (χ1v) is 8.12. The fraction of sp³-hybridized carbons (Fsp3) is 0.375. The highest BCUT2D eigenvalue weighted by molar-refractivity contribution is 7.09. The summed E-state index contributed by atoms with van der Waals surface area (Å²) >= 11 is 1.79. The molecule has 0 atom stereocenters. The number of thiophene rings is 1. The van der Waals surface area contributed by atoms with E-state index in [9.17, 15) is 0 Å². The Kier molecular flexibility index (Phi) is 6.22. The van der Waals surface area contributed by atoms with Crippen LogP contribution in [0.25, 0.3) is 0 Å². The maximum Gasteiger partial charge on any atom is 0.191 e. The number of aliphatic imine (C=N–C) groups is 1. The van der Waals surface area contributed by atoms with E-state index < -0.39 is 0 Å². The van der Waals surface area contributed by atoms with Crippen molar-refractivity contribution in [3.8, 4) is 0 Å². The molecule has 4 nitrogen and oxygen atoms in total. The molecule has 0 fully saturated rings. The van der Waals surface area contributed by atoms with Gasteiger partial charge in [0, 0.05) is 24.2 Å². The number of aromatic nitrogens is 1. The lowest BCUT2D eigenvalue weighted by Crippen LogP contribution is -2.38. The highest BCUT2D eigenvalue weighted by atomic mass is 32.1. The van der Waals surface area contributed by atoms with Crippen LogP contribution in [-0.2, 0) is 13.0 Å². The van der Waals surface area contributed by atoms with E-state index in [1.165, 1.54) is 10.4 Å². The number of nitrogens with one attached hydrogen (secondary N) is 2.